The fraction of sp³-hybridized carbons (Fsp3) is 0.333. The lowest BCUT2D eigenvalue weighted by Gasteiger charge is -2.22. The zero-order chi connectivity index (χ0) is 12.5. The number of pyridine rings is 1. The van der Waals surface area contributed by atoms with Gasteiger partial charge in [0.25, 0.3) is 0 Å². The van der Waals surface area contributed by atoms with Gasteiger partial charge < -0.3 is 4.90 Å². The van der Waals surface area contributed by atoms with Gasteiger partial charge in [-0.15, -0.1) is 0 Å². The zero-order valence-electron chi connectivity index (χ0n) is 9.60. The Hall–Kier alpha value is -1.33. The van der Waals surface area contributed by atoms with Crippen molar-refractivity contribution in [3.05, 3.63) is 44.1 Å². The molecule has 0 aliphatic heterocycles. The van der Waals surface area contributed by atoms with Crippen LogP contribution in [0.5, 0.6) is 0 Å². The van der Waals surface area contributed by atoms with Crippen molar-refractivity contribution in [2.24, 2.45) is 0 Å². The molecule has 0 saturated heterocycles. The Bertz CT molecular complexity index is 588. The van der Waals surface area contributed by atoms with E-state index in [1.165, 1.54) is 24.2 Å². The number of hydrogen-bond acceptors (Lipinski definition) is 4. The Morgan fingerprint density at radius 1 is 1.50 bits per heavy atom. The lowest BCUT2D eigenvalue weighted by atomic mass is 10.2. The Morgan fingerprint density at radius 3 is 2.89 bits per heavy atom. The summed E-state index contributed by atoms with van der Waals surface area (Å²) in [4.78, 5) is 20.4. The van der Waals surface area contributed by atoms with Gasteiger partial charge in [0.05, 0.1) is 0 Å². The van der Waals surface area contributed by atoms with E-state index < -0.39 is 0 Å². The van der Waals surface area contributed by atoms with Gasteiger partial charge in [0.2, 0.25) is 0 Å². The van der Waals surface area contributed by atoms with Crippen molar-refractivity contribution >= 4 is 28.8 Å². The quantitative estimate of drug-likeness (QED) is 0.877. The summed E-state index contributed by atoms with van der Waals surface area (Å²) in [6.45, 7) is 0.751. The van der Waals surface area contributed by atoms with Crippen molar-refractivity contribution in [1.82, 2.24) is 9.97 Å². The molecule has 3 rings (SSSR count). The number of halogens is 1. The molecule has 0 amide bonds. The molecule has 94 valence electrons. The molecule has 2 aromatic heterocycles. The molecule has 6 heteroatoms. The van der Waals surface area contributed by atoms with Crippen LogP contribution in [0.15, 0.2) is 28.5 Å². The van der Waals surface area contributed by atoms with Crippen molar-refractivity contribution in [2.45, 2.75) is 25.4 Å². The summed E-state index contributed by atoms with van der Waals surface area (Å²) in [5.41, 5.74) is 1.10. The molecular weight excluding hydrogens is 270 g/mol. The Balaban J connectivity index is 1.82. The highest BCUT2D eigenvalue weighted by atomic mass is 35.5. The van der Waals surface area contributed by atoms with Gasteiger partial charge in [0.1, 0.15) is 11.0 Å². The van der Waals surface area contributed by atoms with Crippen molar-refractivity contribution in [2.75, 3.05) is 4.90 Å². The highest BCUT2D eigenvalue weighted by molar-refractivity contribution is 7.07. The van der Waals surface area contributed by atoms with Crippen LogP contribution in [0.3, 0.4) is 0 Å². The third-order valence-corrected chi connectivity index (χ3v) is 3.83. The minimum Gasteiger partial charge on any atom is -0.350 e. The van der Waals surface area contributed by atoms with Crippen molar-refractivity contribution in [3.8, 4) is 0 Å². The second-order valence-corrected chi connectivity index (χ2v) is 5.61. The standard InChI is InChI=1S/C12H12ClN3OS/c13-10-4-1-8(5-14-10)6-16(9-2-3-9)11-7-18-12(17)15-11/h1,4-5,7,9H,2-3,6H2,(H,15,17). The SMILES string of the molecule is O=c1[nH]c(N(Cc2ccc(Cl)nc2)C2CC2)cs1. The van der Waals surface area contributed by atoms with Gasteiger partial charge in [0.15, 0.2) is 0 Å². The van der Waals surface area contributed by atoms with Crippen molar-refractivity contribution in [1.29, 1.82) is 0 Å². The highest BCUT2D eigenvalue weighted by Gasteiger charge is 2.30. The molecule has 2 heterocycles. The molecule has 0 bridgehead atoms. The van der Waals surface area contributed by atoms with E-state index in [1.54, 1.807) is 12.3 Å². The second kappa shape index (κ2) is 4.74. The van der Waals surface area contributed by atoms with Crippen LogP contribution < -0.4 is 9.77 Å². The number of aromatic amines is 1. The first-order valence-corrected chi connectivity index (χ1v) is 7.03. The number of nitrogens with one attached hydrogen (secondary N) is 1. The van der Waals surface area contributed by atoms with Gasteiger partial charge in [-0.2, -0.15) is 0 Å². The zero-order valence-corrected chi connectivity index (χ0v) is 11.2. The van der Waals surface area contributed by atoms with Gasteiger partial charge in [-0.3, -0.25) is 9.78 Å². The Kier molecular flexibility index (Phi) is 3.09. The summed E-state index contributed by atoms with van der Waals surface area (Å²) in [5.74, 6) is 0.905. The topological polar surface area (TPSA) is 49.0 Å². The molecule has 0 unspecified atom stereocenters. The molecule has 1 fully saturated rings. The summed E-state index contributed by atoms with van der Waals surface area (Å²) < 4.78 is 0. The van der Waals surface area contributed by atoms with E-state index in [9.17, 15) is 4.79 Å². The van der Waals surface area contributed by atoms with E-state index in [4.69, 9.17) is 11.6 Å². The predicted octanol–water partition coefficient (Wildman–Crippen LogP) is 2.65. The molecule has 1 aliphatic rings. The number of hydrogen-bond donors (Lipinski definition) is 1. The molecule has 0 spiro atoms. The van der Waals surface area contributed by atoms with Gasteiger partial charge >= 0.3 is 4.87 Å². The lowest BCUT2D eigenvalue weighted by Crippen LogP contribution is -2.25. The first-order chi connectivity index (χ1) is 8.72. The molecule has 4 nitrogen and oxygen atoms in total. The molecule has 1 saturated carbocycles. The number of H-pyrrole nitrogens is 1. The predicted molar refractivity (Wildman–Crippen MR) is 73.4 cm³/mol. The van der Waals surface area contributed by atoms with Gasteiger partial charge in [-0.1, -0.05) is 29.0 Å². The van der Waals surface area contributed by atoms with E-state index >= 15 is 0 Å². The number of anilines is 1. The molecule has 0 aromatic carbocycles. The van der Waals surface area contributed by atoms with Crippen LogP contribution in [0.25, 0.3) is 0 Å². The van der Waals surface area contributed by atoms with Crippen LogP contribution in [0.2, 0.25) is 5.15 Å². The maximum Gasteiger partial charge on any atom is 0.306 e. The number of aromatic nitrogens is 2. The number of thiazole rings is 1. The smallest absolute Gasteiger partial charge is 0.306 e. The van der Waals surface area contributed by atoms with Crippen molar-refractivity contribution < 1.29 is 0 Å². The summed E-state index contributed by atoms with van der Waals surface area (Å²) in [5, 5.41) is 2.38. The van der Waals surface area contributed by atoms with Crippen molar-refractivity contribution in [3.63, 3.8) is 0 Å². The maximum atomic E-state index is 11.2. The average Bonchev–Trinajstić information content (AvgIpc) is 3.11. The molecule has 2 aromatic rings. The Morgan fingerprint density at radius 2 is 2.33 bits per heavy atom. The largest absolute Gasteiger partial charge is 0.350 e. The minimum atomic E-state index is -0.00937. The fourth-order valence-corrected chi connectivity index (χ4v) is 2.59. The summed E-state index contributed by atoms with van der Waals surface area (Å²) in [6, 6.07) is 4.29. The fourth-order valence-electron chi connectivity index (χ4n) is 1.91. The normalized spacial score (nSPS) is 14.7. The summed E-state index contributed by atoms with van der Waals surface area (Å²) >= 11 is 6.97. The molecule has 0 atom stereocenters. The van der Waals surface area contributed by atoms with E-state index in [0.29, 0.717) is 11.2 Å². The van der Waals surface area contributed by atoms with Gasteiger partial charge in [-0.25, -0.2) is 4.98 Å². The van der Waals surface area contributed by atoms with E-state index in [-0.39, 0.29) is 4.87 Å². The molecule has 18 heavy (non-hydrogen) atoms. The van der Waals surface area contributed by atoms with Crippen LogP contribution in [-0.2, 0) is 6.54 Å². The van der Waals surface area contributed by atoms with Crippen LogP contribution in [0, 0.1) is 0 Å². The van der Waals surface area contributed by atoms with Gasteiger partial charge in [-0.05, 0) is 24.5 Å². The molecular formula is C12H12ClN3OS. The number of nitrogens with zero attached hydrogens (tertiary/aromatic N) is 2. The summed E-state index contributed by atoms with van der Waals surface area (Å²) in [6.07, 6.45) is 4.14. The third kappa shape index (κ3) is 2.57. The van der Waals surface area contributed by atoms with E-state index in [0.717, 1.165) is 17.9 Å². The molecule has 1 N–H and O–H groups in total. The first-order valence-electron chi connectivity index (χ1n) is 5.77. The average molecular weight is 282 g/mol. The number of rotatable bonds is 4. The van der Waals surface area contributed by atoms with Gasteiger partial charge in [0, 0.05) is 24.2 Å². The summed E-state index contributed by atoms with van der Waals surface area (Å²) in [7, 11) is 0. The molecule has 0 radical (unpaired) electrons. The van der Waals surface area contributed by atoms with E-state index in [2.05, 4.69) is 14.9 Å². The maximum absolute atomic E-state index is 11.2. The van der Waals surface area contributed by atoms with E-state index in [1.807, 2.05) is 11.4 Å². The second-order valence-electron chi connectivity index (χ2n) is 4.38. The Labute approximate surface area is 113 Å². The van der Waals surface area contributed by atoms with Crippen LogP contribution in [0.4, 0.5) is 5.82 Å². The van der Waals surface area contributed by atoms with Crippen LogP contribution in [-0.4, -0.2) is 16.0 Å². The third-order valence-electron chi connectivity index (χ3n) is 2.95. The first kappa shape index (κ1) is 11.7. The lowest BCUT2D eigenvalue weighted by molar-refractivity contribution is 0.778. The molecule has 1 aliphatic carbocycles. The monoisotopic (exact) mass is 281 g/mol. The minimum absolute atomic E-state index is 0.00937. The highest BCUT2D eigenvalue weighted by Crippen LogP contribution is 2.32. The van der Waals surface area contributed by atoms with Crippen LogP contribution in [0.1, 0.15) is 18.4 Å². The van der Waals surface area contributed by atoms with Crippen LogP contribution >= 0.6 is 22.9 Å².